The van der Waals surface area contributed by atoms with Crippen molar-refractivity contribution in [1.82, 2.24) is 0 Å². The molecule has 0 radical (unpaired) electrons. The molecule has 0 N–H and O–H groups in total. The lowest BCUT2D eigenvalue weighted by atomic mass is 10.1. The fraction of sp³-hybridized carbons (Fsp3) is 0.478. The van der Waals surface area contributed by atoms with Crippen molar-refractivity contribution in [3.05, 3.63) is 194 Å². The summed E-state index contributed by atoms with van der Waals surface area (Å²) in [6, 6.07) is 0. The lowest BCUT2D eigenvalue weighted by molar-refractivity contribution is -0.167. The van der Waals surface area contributed by atoms with Crippen LogP contribution in [0.5, 0.6) is 0 Å². The zero-order chi connectivity index (χ0) is 52.9. The molecule has 0 aromatic carbocycles. The predicted molar refractivity (Wildman–Crippen MR) is 315 cm³/mol. The van der Waals surface area contributed by atoms with Gasteiger partial charge in [0.2, 0.25) is 0 Å². The van der Waals surface area contributed by atoms with E-state index in [-0.39, 0.29) is 50.4 Å². The maximum absolute atomic E-state index is 12.9. The fourth-order valence-electron chi connectivity index (χ4n) is 6.62. The number of hydrogen-bond acceptors (Lipinski definition) is 6. The molecule has 0 aromatic heterocycles. The molecule has 0 rings (SSSR count). The van der Waals surface area contributed by atoms with Gasteiger partial charge in [0.05, 0.1) is 0 Å². The van der Waals surface area contributed by atoms with E-state index in [0.717, 1.165) is 103 Å². The van der Waals surface area contributed by atoms with Gasteiger partial charge in [-0.05, 0) is 122 Å². The van der Waals surface area contributed by atoms with Crippen molar-refractivity contribution in [2.75, 3.05) is 13.2 Å². The van der Waals surface area contributed by atoms with Crippen LogP contribution in [0.4, 0.5) is 0 Å². The van der Waals surface area contributed by atoms with Crippen molar-refractivity contribution >= 4 is 17.9 Å². The van der Waals surface area contributed by atoms with Gasteiger partial charge in [0.1, 0.15) is 13.2 Å². The standard InChI is InChI=1S/C67H98O6/c1-4-7-10-13-16-19-22-25-28-31-33-36-39-42-45-48-51-54-57-60-66(69)72-63-64(62-71-65(68)59-56-53-50-47-44-41-38-35-30-27-24-21-18-15-12-9-6-3)73-67(70)61-58-55-52-49-46-43-40-37-34-32-29-26-23-20-17-14-11-8-5-2/h7-8,10-11,13,16-22,25-31,33-34,36-39,41-43,45-47,50,64H,4-6,9,12,14-15,23-24,32,35,40,44,48-49,51-63H2,1-3H3/b10-7-,11-8-,16-13-,20-17-,21-18-,22-19-,28-25-,29-26-,30-27-,33-31+,37-34-,39-36-,41-38-,45-42-,46-43-,50-47-. The molecule has 0 fully saturated rings. The Morgan fingerprint density at radius 2 is 0.616 bits per heavy atom. The number of carbonyl (C=O) groups is 3. The van der Waals surface area contributed by atoms with Gasteiger partial charge in [0, 0.05) is 19.3 Å². The lowest BCUT2D eigenvalue weighted by Gasteiger charge is -2.18. The van der Waals surface area contributed by atoms with Gasteiger partial charge < -0.3 is 14.2 Å². The molecule has 0 aliphatic heterocycles. The van der Waals surface area contributed by atoms with E-state index < -0.39 is 6.10 Å². The van der Waals surface area contributed by atoms with Crippen LogP contribution in [0.15, 0.2) is 194 Å². The number of ether oxygens (including phenoxy) is 3. The molecule has 402 valence electrons. The third-order valence-corrected chi connectivity index (χ3v) is 10.8. The van der Waals surface area contributed by atoms with Gasteiger partial charge in [0.15, 0.2) is 6.10 Å². The maximum atomic E-state index is 12.9. The molecular formula is C67H98O6. The fourth-order valence-corrected chi connectivity index (χ4v) is 6.62. The summed E-state index contributed by atoms with van der Waals surface area (Å²) in [4.78, 5) is 38.1. The summed E-state index contributed by atoms with van der Waals surface area (Å²) in [6.45, 7) is 6.20. The van der Waals surface area contributed by atoms with Crippen LogP contribution >= 0.6 is 0 Å². The van der Waals surface area contributed by atoms with Crippen LogP contribution in [0.2, 0.25) is 0 Å². The number of unbranched alkanes of at least 4 members (excludes halogenated alkanes) is 10. The zero-order valence-electron chi connectivity index (χ0n) is 45.8. The Bertz CT molecular complexity index is 1810. The molecule has 1 atom stereocenters. The van der Waals surface area contributed by atoms with E-state index in [1.165, 1.54) is 25.7 Å². The lowest BCUT2D eigenvalue weighted by Crippen LogP contribution is -2.30. The minimum absolute atomic E-state index is 0.144. The Hall–Kier alpha value is -5.75. The number of rotatable bonds is 47. The highest BCUT2D eigenvalue weighted by molar-refractivity contribution is 5.71. The third-order valence-electron chi connectivity index (χ3n) is 10.8. The normalized spacial score (nSPS) is 13.6. The summed E-state index contributed by atoms with van der Waals surface area (Å²) in [5.74, 6) is -1.09. The highest BCUT2D eigenvalue weighted by Crippen LogP contribution is 2.11. The maximum Gasteiger partial charge on any atom is 0.306 e. The van der Waals surface area contributed by atoms with E-state index >= 15 is 0 Å². The molecule has 0 bridgehead atoms. The van der Waals surface area contributed by atoms with E-state index in [0.29, 0.717) is 19.3 Å². The monoisotopic (exact) mass is 999 g/mol. The van der Waals surface area contributed by atoms with Crippen molar-refractivity contribution in [3.8, 4) is 0 Å². The van der Waals surface area contributed by atoms with Gasteiger partial charge in [-0.3, -0.25) is 14.4 Å². The molecule has 0 spiro atoms. The highest BCUT2D eigenvalue weighted by Gasteiger charge is 2.19. The number of allylic oxidation sites excluding steroid dienone is 32. The van der Waals surface area contributed by atoms with Crippen molar-refractivity contribution in [2.24, 2.45) is 0 Å². The molecule has 0 saturated heterocycles. The second-order valence-corrected chi connectivity index (χ2v) is 17.6. The molecule has 6 heteroatoms. The summed E-state index contributed by atoms with van der Waals surface area (Å²) >= 11 is 0. The second-order valence-electron chi connectivity index (χ2n) is 17.6. The Morgan fingerprint density at radius 3 is 1.03 bits per heavy atom. The number of hydrogen-bond donors (Lipinski definition) is 0. The molecule has 6 nitrogen and oxygen atoms in total. The molecule has 0 heterocycles. The van der Waals surface area contributed by atoms with Crippen LogP contribution in [0, 0.1) is 0 Å². The van der Waals surface area contributed by atoms with E-state index in [4.69, 9.17) is 14.2 Å². The minimum atomic E-state index is -0.850. The minimum Gasteiger partial charge on any atom is -0.462 e. The molecule has 0 aromatic rings. The van der Waals surface area contributed by atoms with Crippen LogP contribution in [-0.2, 0) is 28.6 Å². The molecule has 0 aliphatic rings. The first kappa shape index (κ1) is 67.2. The Balaban J connectivity index is 4.70. The average molecular weight is 1000 g/mol. The Morgan fingerprint density at radius 1 is 0.301 bits per heavy atom. The molecule has 0 amide bonds. The van der Waals surface area contributed by atoms with Gasteiger partial charge in [0.25, 0.3) is 0 Å². The van der Waals surface area contributed by atoms with Gasteiger partial charge >= 0.3 is 17.9 Å². The van der Waals surface area contributed by atoms with E-state index in [1.54, 1.807) is 0 Å². The topological polar surface area (TPSA) is 78.9 Å². The van der Waals surface area contributed by atoms with Crippen molar-refractivity contribution in [2.45, 2.75) is 194 Å². The van der Waals surface area contributed by atoms with Gasteiger partial charge in [-0.2, -0.15) is 0 Å². The van der Waals surface area contributed by atoms with Crippen molar-refractivity contribution < 1.29 is 28.6 Å². The Kier molecular flexibility index (Phi) is 54.2. The molecular weight excluding hydrogens is 901 g/mol. The molecule has 0 aliphatic carbocycles. The summed E-state index contributed by atoms with van der Waals surface area (Å²) in [5, 5.41) is 0. The number of carbonyl (C=O) groups excluding carboxylic acids is 3. The average Bonchev–Trinajstić information content (AvgIpc) is 3.39. The van der Waals surface area contributed by atoms with Gasteiger partial charge in [-0.15, -0.1) is 0 Å². The van der Waals surface area contributed by atoms with E-state index in [1.807, 2.05) is 72.9 Å². The summed E-state index contributed by atoms with van der Waals surface area (Å²) in [7, 11) is 0. The molecule has 0 saturated carbocycles. The van der Waals surface area contributed by atoms with Crippen molar-refractivity contribution in [1.29, 1.82) is 0 Å². The first-order chi connectivity index (χ1) is 36.0. The SMILES string of the molecule is CC\C=C/C=C\C=C/C=C\C=C\C=C/C=C\CCCCCC(=O)OCC(COC(=O)CCC/C=C\C/C=C\C/C=C\C/C=C\CCCCC)OC(=O)CCCCC/C=C\C/C=C\C/C=C\C/C=C\C/C=C\CC. The van der Waals surface area contributed by atoms with Gasteiger partial charge in [-0.1, -0.05) is 241 Å². The largest absolute Gasteiger partial charge is 0.462 e. The van der Waals surface area contributed by atoms with Gasteiger partial charge in [-0.25, -0.2) is 0 Å². The second kappa shape index (κ2) is 58.8. The summed E-state index contributed by atoms with van der Waals surface area (Å²) in [5.41, 5.74) is 0. The van der Waals surface area contributed by atoms with Crippen LogP contribution in [-0.4, -0.2) is 37.2 Å². The number of esters is 3. The van der Waals surface area contributed by atoms with Crippen LogP contribution < -0.4 is 0 Å². The van der Waals surface area contributed by atoms with Crippen molar-refractivity contribution in [3.63, 3.8) is 0 Å². The Labute approximate surface area is 446 Å². The van der Waals surface area contributed by atoms with E-state index in [2.05, 4.69) is 142 Å². The van der Waals surface area contributed by atoms with Crippen LogP contribution in [0.25, 0.3) is 0 Å². The molecule has 73 heavy (non-hydrogen) atoms. The predicted octanol–water partition coefficient (Wildman–Crippen LogP) is 19.1. The van der Waals surface area contributed by atoms with Crippen LogP contribution in [0.1, 0.15) is 188 Å². The highest BCUT2D eigenvalue weighted by atomic mass is 16.6. The van der Waals surface area contributed by atoms with Crippen LogP contribution in [0.3, 0.4) is 0 Å². The molecule has 1 unspecified atom stereocenters. The quantitative estimate of drug-likeness (QED) is 0.0199. The third kappa shape index (κ3) is 57.0. The summed E-state index contributed by atoms with van der Waals surface area (Å²) < 4.78 is 16.7. The first-order valence-electron chi connectivity index (χ1n) is 28.0. The summed E-state index contributed by atoms with van der Waals surface area (Å²) in [6.07, 6.45) is 89.8. The smallest absolute Gasteiger partial charge is 0.306 e. The van der Waals surface area contributed by atoms with E-state index in [9.17, 15) is 14.4 Å². The first-order valence-corrected chi connectivity index (χ1v) is 28.0. The zero-order valence-corrected chi connectivity index (χ0v) is 45.8.